The molecule has 0 saturated carbocycles. The Morgan fingerprint density at radius 3 is 2.77 bits per heavy atom. The SMILES string of the molecule is CC.CC1=CN2NCC(C)=C2N=C1. The first-order valence-corrected chi connectivity index (χ1v) is 4.72. The van der Waals surface area contributed by atoms with Gasteiger partial charge < -0.3 is 0 Å². The monoisotopic (exact) mass is 179 g/mol. The number of hydrogen-bond acceptors (Lipinski definition) is 3. The van der Waals surface area contributed by atoms with Gasteiger partial charge in [0, 0.05) is 19.0 Å². The van der Waals surface area contributed by atoms with Crippen molar-refractivity contribution >= 4 is 6.21 Å². The fraction of sp³-hybridized carbons (Fsp3) is 0.500. The average molecular weight is 179 g/mol. The molecule has 3 nitrogen and oxygen atoms in total. The van der Waals surface area contributed by atoms with Crippen LogP contribution in [0.3, 0.4) is 0 Å². The maximum atomic E-state index is 4.30. The van der Waals surface area contributed by atoms with Gasteiger partial charge in [0.05, 0.1) is 0 Å². The molecule has 0 fully saturated rings. The summed E-state index contributed by atoms with van der Waals surface area (Å²) in [6, 6.07) is 0. The molecule has 0 radical (unpaired) electrons. The first kappa shape index (κ1) is 9.99. The number of rotatable bonds is 0. The van der Waals surface area contributed by atoms with Gasteiger partial charge in [0.15, 0.2) is 0 Å². The Hall–Kier alpha value is -1.09. The Labute approximate surface area is 79.8 Å². The van der Waals surface area contributed by atoms with Crippen LogP contribution >= 0.6 is 0 Å². The van der Waals surface area contributed by atoms with E-state index in [1.165, 1.54) is 11.1 Å². The van der Waals surface area contributed by atoms with Crippen LogP contribution in [-0.2, 0) is 0 Å². The number of aliphatic imine (C=N–C) groups is 1. The topological polar surface area (TPSA) is 27.6 Å². The predicted molar refractivity (Wildman–Crippen MR) is 56.1 cm³/mol. The molecular weight excluding hydrogens is 162 g/mol. The van der Waals surface area contributed by atoms with Gasteiger partial charge in [-0.25, -0.2) is 10.4 Å². The Balaban J connectivity index is 0.000000396. The molecule has 0 saturated heterocycles. The zero-order chi connectivity index (χ0) is 9.84. The molecule has 0 spiro atoms. The van der Waals surface area contributed by atoms with Crippen molar-refractivity contribution in [1.29, 1.82) is 0 Å². The molecule has 0 aliphatic carbocycles. The third kappa shape index (κ3) is 1.98. The largest absolute Gasteiger partial charge is 0.266 e. The highest BCUT2D eigenvalue weighted by Crippen LogP contribution is 2.19. The lowest BCUT2D eigenvalue weighted by Crippen LogP contribution is -2.27. The van der Waals surface area contributed by atoms with E-state index in [9.17, 15) is 0 Å². The number of nitrogens with zero attached hydrogens (tertiary/aromatic N) is 2. The van der Waals surface area contributed by atoms with E-state index in [0.29, 0.717) is 0 Å². The Morgan fingerprint density at radius 2 is 2.08 bits per heavy atom. The van der Waals surface area contributed by atoms with Crippen LogP contribution in [0.4, 0.5) is 0 Å². The summed E-state index contributed by atoms with van der Waals surface area (Å²) in [7, 11) is 0. The summed E-state index contributed by atoms with van der Waals surface area (Å²) < 4.78 is 0. The van der Waals surface area contributed by atoms with E-state index in [1.807, 2.05) is 32.0 Å². The third-order valence-corrected chi connectivity index (χ3v) is 1.85. The molecule has 2 aliphatic heterocycles. The van der Waals surface area contributed by atoms with Crippen LogP contribution < -0.4 is 5.43 Å². The molecular formula is C10H17N3. The molecule has 0 unspecified atom stereocenters. The summed E-state index contributed by atoms with van der Waals surface area (Å²) in [6.07, 6.45) is 3.95. The quantitative estimate of drug-likeness (QED) is 0.616. The first-order valence-electron chi connectivity index (χ1n) is 4.72. The Morgan fingerprint density at radius 1 is 1.38 bits per heavy atom. The minimum Gasteiger partial charge on any atom is -0.266 e. The van der Waals surface area contributed by atoms with E-state index >= 15 is 0 Å². The van der Waals surface area contributed by atoms with Gasteiger partial charge in [-0.2, -0.15) is 0 Å². The van der Waals surface area contributed by atoms with E-state index in [0.717, 1.165) is 12.4 Å². The van der Waals surface area contributed by atoms with E-state index in [-0.39, 0.29) is 0 Å². The number of hydrogen-bond donors (Lipinski definition) is 1. The highest BCUT2D eigenvalue weighted by molar-refractivity contribution is 5.79. The van der Waals surface area contributed by atoms with Crippen molar-refractivity contribution in [3.63, 3.8) is 0 Å². The first-order chi connectivity index (χ1) is 6.27. The fourth-order valence-corrected chi connectivity index (χ4v) is 1.24. The minimum atomic E-state index is 0.913. The number of hydrazine groups is 1. The van der Waals surface area contributed by atoms with Crippen molar-refractivity contribution in [1.82, 2.24) is 10.4 Å². The van der Waals surface area contributed by atoms with Gasteiger partial charge in [0.1, 0.15) is 5.82 Å². The molecule has 2 aliphatic rings. The lowest BCUT2D eigenvalue weighted by atomic mass is 10.3. The van der Waals surface area contributed by atoms with Crippen LogP contribution in [-0.4, -0.2) is 17.8 Å². The maximum Gasteiger partial charge on any atom is 0.147 e. The van der Waals surface area contributed by atoms with Crippen molar-refractivity contribution in [3.05, 3.63) is 23.2 Å². The van der Waals surface area contributed by atoms with Crippen LogP contribution in [0.15, 0.2) is 28.2 Å². The molecule has 0 amide bonds. The molecule has 2 heterocycles. The number of fused-ring (bicyclic) bond motifs is 1. The fourth-order valence-electron chi connectivity index (χ4n) is 1.24. The van der Waals surface area contributed by atoms with E-state index < -0.39 is 0 Å². The molecule has 2 rings (SSSR count). The van der Waals surface area contributed by atoms with Crippen LogP contribution in [0.2, 0.25) is 0 Å². The van der Waals surface area contributed by atoms with Crippen LogP contribution in [0.5, 0.6) is 0 Å². The van der Waals surface area contributed by atoms with Crippen molar-refractivity contribution in [2.75, 3.05) is 6.54 Å². The van der Waals surface area contributed by atoms with Crippen molar-refractivity contribution in [3.8, 4) is 0 Å². The van der Waals surface area contributed by atoms with Gasteiger partial charge in [0.25, 0.3) is 0 Å². The van der Waals surface area contributed by atoms with Crippen LogP contribution in [0, 0.1) is 0 Å². The normalized spacial score (nSPS) is 19.4. The molecule has 13 heavy (non-hydrogen) atoms. The Kier molecular flexibility index (Phi) is 3.25. The zero-order valence-corrected chi connectivity index (χ0v) is 8.76. The average Bonchev–Trinajstić information content (AvgIpc) is 2.51. The van der Waals surface area contributed by atoms with Gasteiger partial charge >= 0.3 is 0 Å². The molecule has 72 valence electrons. The van der Waals surface area contributed by atoms with E-state index in [1.54, 1.807) is 0 Å². The second-order valence-electron chi connectivity index (χ2n) is 2.94. The number of allylic oxidation sites excluding steroid dienone is 1. The smallest absolute Gasteiger partial charge is 0.147 e. The molecule has 0 bridgehead atoms. The molecule has 0 aromatic carbocycles. The summed E-state index contributed by atoms with van der Waals surface area (Å²) in [4.78, 5) is 4.30. The molecule has 0 atom stereocenters. The summed E-state index contributed by atoms with van der Waals surface area (Å²) in [5.74, 6) is 1.05. The van der Waals surface area contributed by atoms with Crippen molar-refractivity contribution in [2.24, 2.45) is 4.99 Å². The second kappa shape index (κ2) is 4.23. The molecule has 0 aromatic heterocycles. The predicted octanol–water partition coefficient (Wildman–Crippen LogP) is 2.05. The second-order valence-corrected chi connectivity index (χ2v) is 2.94. The molecule has 1 N–H and O–H groups in total. The minimum absolute atomic E-state index is 0.913. The van der Waals surface area contributed by atoms with Gasteiger partial charge in [-0.15, -0.1) is 0 Å². The van der Waals surface area contributed by atoms with Crippen LogP contribution in [0.1, 0.15) is 27.7 Å². The summed E-state index contributed by atoms with van der Waals surface area (Å²) in [5, 5.41) is 1.98. The lowest BCUT2D eigenvalue weighted by molar-refractivity contribution is 0.380. The van der Waals surface area contributed by atoms with Gasteiger partial charge in [0.2, 0.25) is 0 Å². The lowest BCUT2D eigenvalue weighted by Gasteiger charge is -2.18. The van der Waals surface area contributed by atoms with Crippen molar-refractivity contribution < 1.29 is 0 Å². The Bertz CT molecular complexity index is 274. The van der Waals surface area contributed by atoms with Gasteiger partial charge in [-0.1, -0.05) is 13.8 Å². The zero-order valence-electron chi connectivity index (χ0n) is 8.76. The van der Waals surface area contributed by atoms with Crippen LogP contribution in [0.25, 0.3) is 0 Å². The highest BCUT2D eigenvalue weighted by Gasteiger charge is 2.18. The third-order valence-electron chi connectivity index (χ3n) is 1.85. The van der Waals surface area contributed by atoms with Crippen molar-refractivity contribution in [2.45, 2.75) is 27.7 Å². The highest BCUT2D eigenvalue weighted by atomic mass is 15.5. The summed E-state index contributed by atoms with van der Waals surface area (Å²) in [6.45, 7) is 9.04. The van der Waals surface area contributed by atoms with E-state index in [4.69, 9.17) is 0 Å². The molecule has 0 aromatic rings. The summed E-state index contributed by atoms with van der Waals surface area (Å²) >= 11 is 0. The molecule has 3 heteroatoms. The summed E-state index contributed by atoms with van der Waals surface area (Å²) in [5.41, 5.74) is 5.68. The standard InChI is InChI=1S/C8H11N3.C2H6/c1-6-3-9-8-7(2)4-10-11(8)5-6;1-2/h3,5,10H,4H2,1-2H3;1-2H3. The maximum absolute atomic E-state index is 4.30. The van der Waals surface area contributed by atoms with Gasteiger partial charge in [-0.3, -0.25) is 5.01 Å². The number of nitrogens with one attached hydrogen (secondary N) is 1. The van der Waals surface area contributed by atoms with E-state index in [2.05, 4.69) is 23.5 Å². The van der Waals surface area contributed by atoms with Gasteiger partial charge in [-0.05, 0) is 25.0 Å².